The van der Waals surface area contributed by atoms with Gasteiger partial charge in [-0.2, -0.15) is 0 Å². The molecule has 0 fully saturated rings. The largest absolute Gasteiger partial charge is 0.507 e. The first kappa shape index (κ1) is 13.3. The number of phenols is 2. The number of nitrogens with one attached hydrogen (secondary N) is 1. The van der Waals surface area contributed by atoms with Crippen molar-refractivity contribution in [3.05, 3.63) is 48.0 Å². The van der Waals surface area contributed by atoms with E-state index in [4.69, 9.17) is 0 Å². The van der Waals surface area contributed by atoms with Crippen molar-refractivity contribution in [2.75, 3.05) is 11.6 Å². The number of phenolic OH excluding ortho intramolecular Hbond substituents is 2. The van der Waals surface area contributed by atoms with E-state index >= 15 is 0 Å². The van der Waals surface area contributed by atoms with Gasteiger partial charge in [0.05, 0.1) is 0 Å². The number of thioether (sulfide) groups is 1. The lowest BCUT2D eigenvalue weighted by Crippen LogP contribution is -2.12. The van der Waals surface area contributed by atoms with Crippen LogP contribution in [-0.4, -0.2) is 22.4 Å². The van der Waals surface area contributed by atoms with E-state index in [1.807, 2.05) is 24.5 Å². The lowest BCUT2D eigenvalue weighted by molar-refractivity contribution is 0.102. The van der Waals surface area contributed by atoms with Crippen LogP contribution in [0.1, 0.15) is 10.4 Å². The molecule has 2 aromatic carbocycles. The number of anilines is 1. The molecule has 5 heteroatoms. The fourth-order valence-electron chi connectivity index (χ4n) is 1.66. The van der Waals surface area contributed by atoms with E-state index in [9.17, 15) is 15.0 Å². The van der Waals surface area contributed by atoms with Crippen LogP contribution in [-0.2, 0) is 0 Å². The molecular formula is C14H13NO3S. The summed E-state index contributed by atoms with van der Waals surface area (Å²) >= 11 is 1.56. The van der Waals surface area contributed by atoms with Crippen molar-refractivity contribution in [1.82, 2.24) is 0 Å². The number of benzene rings is 2. The Balaban J connectivity index is 2.26. The molecular weight excluding hydrogens is 262 g/mol. The highest BCUT2D eigenvalue weighted by molar-refractivity contribution is 7.98. The van der Waals surface area contributed by atoms with Gasteiger partial charge in [0.25, 0.3) is 5.91 Å². The number of hydrogen-bond acceptors (Lipinski definition) is 4. The third kappa shape index (κ3) is 3.00. The van der Waals surface area contributed by atoms with Crippen molar-refractivity contribution in [3.63, 3.8) is 0 Å². The molecule has 0 aromatic heterocycles. The summed E-state index contributed by atoms with van der Waals surface area (Å²) in [6.07, 6.45) is 1.94. The molecule has 0 spiro atoms. The molecule has 0 aliphatic carbocycles. The van der Waals surface area contributed by atoms with Gasteiger partial charge in [0, 0.05) is 10.6 Å². The molecule has 2 rings (SSSR count). The second-order valence-corrected chi connectivity index (χ2v) is 4.74. The zero-order chi connectivity index (χ0) is 13.8. The molecule has 1 amide bonds. The summed E-state index contributed by atoms with van der Waals surface area (Å²) in [6.45, 7) is 0. The maximum atomic E-state index is 12.0. The van der Waals surface area contributed by atoms with Crippen LogP contribution in [0.2, 0.25) is 0 Å². The summed E-state index contributed by atoms with van der Waals surface area (Å²) in [4.78, 5) is 13.0. The molecule has 0 aliphatic heterocycles. The van der Waals surface area contributed by atoms with E-state index in [-0.39, 0.29) is 17.1 Å². The predicted octanol–water partition coefficient (Wildman–Crippen LogP) is 3.07. The van der Waals surface area contributed by atoms with Gasteiger partial charge < -0.3 is 15.5 Å². The minimum absolute atomic E-state index is 0.128. The van der Waals surface area contributed by atoms with Gasteiger partial charge in [-0.05, 0) is 36.6 Å². The number of hydrogen-bond donors (Lipinski definition) is 3. The number of rotatable bonds is 3. The van der Waals surface area contributed by atoms with E-state index in [1.54, 1.807) is 17.8 Å². The predicted molar refractivity (Wildman–Crippen MR) is 75.9 cm³/mol. The van der Waals surface area contributed by atoms with Crippen LogP contribution < -0.4 is 5.32 Å². The van der Waals surface area contributed by atoms with Crippen LogP contribution in [0.15, 0.2) is 47.4 Å². The topological polar surface area (TPSA) is 69.6 Å². The molecule has 3 N–H and O–H groups in total. The molecule has 2 aromatic rings. The van der Waals surface area contributed by atoms with Gasteiger partial charge in [-0.3, -0.25) is 4.79 Å². The molecule has 98 valence electrons. The second-order valence-electron chi connectivity index (χ2n) is 3.86. The average molecular weight is 275 g/mol. The standard InChI is InChI=1S/C14H13NO3S/c1-19-10-5-2-4-9(8-10)15-14(18)13-11(16)6-3-7-12(13)17/h2-8,16-17H,1H3,(H,15,18). The van der Waals surface area contributed by atoms with Crippen LogP contribution in [0.4, 0.5) is 5.69 Å². The van der Waals surface area contributed by atoms with Gasteiger partial charge in [0.1, 0.15) is 17.1 Å². The third-order valence-electron chi connectivity index (χ3n) is 2.58. The van der Waals surface area contributed by atoms with Gasteiger partial charge in [-0.1, -0.05) is 12.1 Å². The number of carbonyl (C=O) groups excluding carboxylic acids is 1. The summed E-state index contributed by atoms with van der Waals surface area (Å²) in [6, 6.07) is 11.5. The summed E-state index contributed by atoms with van der Waals surface area (Å²) in [5, 5.41) is 21.9. The van der Waals surface area contributed by atoms with Crippen molar-refractivity contribution < 1.29 is 15.0 Å². The smallest absolute Gasteiger partial charge is 0.263 e. The highest BCUT2D eigenvalue weighted by atomic mass is 32.2. The molecule has 0 aliphatic rings. The number of carbonyl (C=O) groups is 1. The Kier molecular flexibility index (Phi) is 3.97. The van der Waals surface area contributed by atoms with Crippen LogP contribution in [0.25, 0.3) is 0 Å². The molecule has 0 bridgehead atoms. The van der Waals surface area contributed by atoms with Gasteiger partial charge in [0.15, 0.2) is 0 Å². The van der Waals surface area contributed by atoms with E-state index < -0.39 is 5.91 Å². The Morgan fingerprint density at radius 2 is 1.74 bits per heavy atom. The molecule has 0 unspecified atom stereocenters. The first-order valence-corrected chi connectivity index (χ1v) is 6.80. The van der Waals surface area contributed by atoms with Crippen molar-refractivity contribution in [1.29, 1.82) is 0 Å². The van der Waals surface area contributed by atoms with E-state index in [2.05, 4.69) is 5.32 Å². The van der Waals surface area contributed by atoms with Crippen LogP contribution in [0.3, 0.4) is 0 Å². The maximum absolute atomic E-state index is 12.0. The minimum atomic E-state index is -0.547. The van der Waals surface area contributed by atoms with Gasteiger partial charge in [-0.15, -0.1) is 11.8 Å². The molecule has 0 radical (unpaired) electrons. The van der Waals surface area contributed by atoms with Crippen molar-refractivity contribution >= 4 is 23.4 Å². The SMILES string of the molecule is CSc1cccc(NC(=O)c2c(O)cccc2O)c1. The van der Waals surface area contributed by atoms with Gasteiger partial charge in [0.2, 0.25) is 0 Å². The molecule has 0 saturated carbocycles. The molecule has 0 atom stereocenters. The lowest BCUT2D eigenvalue weighted by atomic mass is 10.1. The Morgan fingerprint density at radius 1 is 1.11 bits per heavy atom. The summed E-state index contributed by atoms with van der Waals surface area (Å²) in [5.41, 5.74) is 0.483. The molecule has 4 nitrogen and oxygen atoms in total. The summed E-state index contributed by atoms with van der Waals surface area (Å²) in [5.74, 6) is -1.05. The quantitative estimate of drug-likeness (QED) is 0.753. The first-order chi connectivity index (χ1) is 9.11. The Hall–Kier alpha value is -2.14. The zero-order valence-corrected chi connectivity index (χ0v) is 11.1. The zero-order valence-electron chi connectivity index (χ0n) is 10.3. The number of amides is 1. The van der Waals surface area contributed by atoms with Crippen molar-refractivity contribution in [3.8, 4) is 11.5 Å². The second kappa shape index (κ2) is 5.67. The molecule has 0 saturated heterocycles. The minimum Gasteiger partial charge on any atom is -0.507 e. The Bertz CT molecular complexity index is 593. The van der Waals surface area contributed by atoms with Gasteiger partial charge in [-0.25, -0.2) is 0 Å². The lowest BCUT2D eigenvalue weighted by Gasteiger charge is -2.09. The van der Waals surface area contributed by atoms with Gasteiger partial charge >= 0.3 is 0 Å². The van der Waals surface area contributed by atoms with Crippen LogP contribution >= 0.6 is 11.8 Å². The van der Waals surface area contributed by atoms with Crippen molar-refractivity contribution in [2.45, 2.75) is 4.90 Å². The monoisotopic (exact) mass is 275 g/mol. The van der Waals surface area contributed by atoms with Crippen LogP contribution in [0, 0.1) is 0 Å². The first-order valence-electron chi connectivity index (χ1n) is 5.58. The molecule has 0 heterocycles. The van der Waals surface area contributed by atoms with Crippen LogP contribution in [0.5, 0.6) is 11.5 Å². The maximum Gasteiger partial charge on any atom is 0.263 e. The normalized spacial score (nSPS) is 10.2. The Labute approximate surface area is 115 Å². The highest BCUT2D eigenvalue weighted by Crippen LogP contribution is 2.27. The fraction of sp³-hybridized carbons (Fsp3) is 0.0714. The van der Waals surface area contributed by atoms with E-state index in [1.165, 1.54) is 18.2 Å². The summed E-state index contributed by atoms with van der Waals surface area (Å²) < 4.78 is 0. The Morgan fingerprint density at radius 3 is 2.37 bits per heavy atom. The summed E-state index contributed by atoms with van der Waals surface area (Å²) in [7, 11) is 0. The number of aromatic hydroxyl groups is 2. The molecule has 19 heavy (non-hydrogen) atoms. The fourth-order valence-corrected chi connectivity index (χ4v) is 2.11. The van der Waals surface area contributed by atoms with E-state index in [0.29, 0.717) is 5.69 Å². The highest BCUT2D eigenvalue weighted by Gasteiger charge is 2.16. The van der Waals surface area contributed by atoms with E-state index in [0.717, 1.165) is 4.90 Å². The van der Waals surface area contributed by atoms with Crippen molar-refractivity contribution in [2.24, 2.45) is 0 Å². The average Bonchev–Trinajstić information content (AvgIpc) is 2.38. The third-order valence-corrected chi connectivity index (χ3v) is 3.30.